The van der Waals surface area contributed by atoms with E-state index < -0.39 is 6.10 Å². The molecule has 2 atom stereocenters. The first kappa shape index (κ1) is 15.1. The van der Waals surface area contributed by atoms with E-state index in [1.807, 2.05) is 4.90 Å². The number of aliphatic hydroxyl groups excluding tert-OH is 1. The highest BCUT2D eigenvalue weighted by molar-refractivity contribution is 5.80. The standard InChI is InChI=1S/C13H24N2O3/c1-4-9-18-12(3)13(17)15-7-5-14(6-8-15)10-11(2)16/h4,11-12,16H,1,5-10H2,2-3H3. The third kappa shape index (κ3) is 4.76. The lowest BCUT2D eigenvalue weighted by molar-refractivity contribution is -0.143. The summed E-state index contributed by atoms with van der Waals surface area (Å²) in [6, 6.07) is 0. The Labute approximate surface area is 109 Å². The van der Waals surface area contributed by atoms with Crippen LogP contribution in [0, 0.1) is 0 Å². The number of aliphatic hydroxyl groups is 1. The van der Waals surface area contributed by atoms with Crippen LogP contribution in [-0.4, -0.2) is 72.4 Å². The van der Waals surface area contributed by atoms with Crippen LogP contribution in [0.4, 0.5) is 0 Å². The van der Waals surface area contributed by atoms with Crippen LogP contribution in [-0.2, 0) is 9.53 Å². The van der Waals surface area contributed by atoms with E-state index in [4.69, 9.17) is 4.74 Å². The van der Waals surface area contributed by atoms with Crippen molar-refractivity contribution in [3.63, 3.8) is 0 Å². The fourth-order valence-corrected chi connectivity index (χ4v) is 2.07. The Bertz CT molecular complexity index is 273. The summed E-state index contributed by atoms with van der Waals surface area (Å²) in [6.45, 7) is 11.2. The molecule has 0 bridgehead atoms. The summed E-state index contributed by atoms with van der Waals surface area (Å²) in [4.78, 5) is 16.0. The van der Waals surface area contributed by atoms with Crippen molar-refractivity contribution in [3.05, 3.63) is 12.7 Å². The number of hydrogen-bond acceptors (Lipinski definition) is 4. The number of ether oxygens (including phenoxy) is 1. The fraction of sp³-hybridized carbons (Fsp3) is 0.769. The van der Waals surface area contributed by atoms with Crippen LogP contribution in [0.15, 0.2) is 12.7 Å². The van der Waals surface area contributed by atoms with E-state index in [2.05, 4.69) is 11.5 Å². The predicted octanol–water partition coefficient (Wildman–Crippen LogP) is 0.103. The first-order valence-electron chi connectivity index (χ1n) is 6.46. The molecule has 0 saturated carbocycles. The molecule has 1 amide bonds. The molecule has 0 spiro atoms. The Morgan fingerprint density at radius 2 is 2.00 bits per heavy atom. The van der Waals surface area contributed by atoms with E-state index >= 15 is 0 Å². The minimum atomic E-state index is -0.411. The number of carbonyl (C=O) groups excluding carboxylic acids is 1. The van der Waals surface area contributed by atoms with E-state index in [9.17, 15) is 9.90 Å². The highest BCUT2D eigenvalue weighted by Gasteiger charge is 2.25. The Balaban J connectivity index is 2.33. The van der Waals surface area contributed by atoms with Gasteiger partial charge >= 0.3 is 0 Å². The minimum absolute atomic E-state index is 0.0357. The molecule has 0 aromatic carbocycles. The van der Waals surface area contributed by atoms with Crippen LogP contribution < -0.4 is 0 Å². The summed E-state index contributed by atoms with van der Waals surface area (Å²) >= 11 is 0. The van der Waals surface area contributed by atoms with Gasteiger partial charge in [0, 0.05) is 32.7 Å². The van der Waals surface area contributed by atoms with Gasteiger partial charge < -0.3 is 14.7 Å². The van der Waals surface area contributed by atoms with Crippen molar-refractivity contribution in [2.45, 2.75) is 26.1 Å². The van der Waals surface area contributed by atoms with Crippen LogP contribution in [0.3, 0.4) is 0 Å². The minimum Gasteiger partial charge on any atom is -0.392 e. The predicted molar refractivity (Wildman–Crippen MR) is 70.3 cm³/mol. The van der Waals surface area contributed by atoms with Crippen molar-refractivity contribution in [1.82, 2.24) is 9.80 Å². The molecule has 0 radical (unpaired) electrons. The lowest BCUT2D eigenvalue weighted by Crippen LogP contribution is -2.52. The number of nitrogens with zero attached hydrogens (tertiary/aromatic N) is 2. The number of amides is 1. The molecule has 1 aliphatic heterocycles. The lowest BCUT2D eigenvalue weighted by Gasteiger charge is -2.36. The first-order valence-corrected chi connectivity index (χ1v) is 6.46. The molecule has 0 aliphatic carbocycles. The Kier molecular flexibility index (Phi) is 6.32. The molecule has 1 rings (SSSR count). The summed E-state index contributed by atoms with van der Waals surface area (Å²) in [7, 11) is 0. The van der Waals surface area contributed by atoms with Crippen LogP contribution in [0.5, 0.6) is 0 Å². The van der Waals surface area contributed by atoms with Crippen molar-refractivity contribution < 1.29 is 14.6 Å². The second-order valence-electron chi connectivity index (χ2n) is 4.74. The van der Waals surface area contributed by atoms with Crippen molar-refractivity contribution >= 4 is 5.91 Å². The molecule has 0 aromatic heterocycles. The van der Waals surface area contributed by atoms with Crippen molar-refractivity contribution in [3.8, 4) is 0 Å². The lowest BCUT2D eigenvalue weighted by atomic mass is 10.2. The molecular formula is C13H24N2O3. The van der Waals surface area contributed by atoms with Crippen LogP contribution >= 0.6 is 0 Å². The summed E-state index contributed by atoms with van der Waals surface area (Å²) in [5.74, 6) is 0.0357. The Morgan fingerprint density at radius 3 is 2.50 bits per heavy atom. The van der Waals surface area contributed by atoms with Gasteiger partial charge in [0.05, 0.1) is 12.7 Å². The quantitative estimate of drug-likeness (QED) is 0.685. The average molecular weight is 256 g/mol. The van der Waals surface area contributed by atoms with E-state index in [-0.39, 0.29) is 12.0 Å². The fourth-order valence-electron chi connectivity index (χ4n) is 2.07. The SMILES string of the molecule is C=CCOC(C)C(=O)N1CCN(CC(C)O)CC1. The third-order valence-corrected chi connectivity index (χ3v) is 3.02. The van der Waals surface area contributed by atoms with E-state index in [1.54, 1.807) is 19.9 Å². The van der Waals surface area contributed by atoms with Gasteiger partial charge in [0.1, 0.15) is 6.10 Å². The Morgan fingerprint density at radius 1 is 1.39 bits per heavy atom. The van der Waals surface area contributed by atoms with Crippen molar-refractivity contribution in [1.29, 1.82) is 0 Å². The smallest absolute Gasteiger partial charge is 0.251 e. The number of rotatable bonds is 6. The maximum Gasteiger partial charge on any atom is 0.251 e. The highest BCUT2D eigenvalue weighted by Crippen LogP contribution is 2.06. The monoisotopic (exact) mass is 256 g/mol. The van der Waals surface area contributed by atoms with Crippen molar-refractivity contribution in [2.24, 2.45) is 0 Å². The molecule has 2 unspecified atom stereocenters. The Hall–Kier alpha value is -0.910. The van der Waals surface area contributed by atoms with Crippen LogP contribution in [0.1, 0.15) is 13.8 Å². The van der Waals surface area contributed by atoms with Gasteiger partial charge in [0.2, 0.25) is 0 Å². The van der Waals surface area contributed by atoms with Crippen molar-refractivity contribution in [2.75, 3.05) is 39.3 Å². The molecule has 5 heteroatoms. The maximum atomic E-state index is 12.0. The van der Waals surface area contributed by atoms with Gasteiger partial charge in [0.25, 0.3) is 5.91 Å². The molecule has 1 N–H and O–H groups in total. The summed E-state index contributed by atoms with van der Waals surface area (Å²) in [5, 5.41) is 9.31. The molecular weight excluding hydrogens is 232 g/mol. The first-order chi connectivity index (χ1) is 8.54. The zero-order valence-corrected chi connectivity index (χ0v) is 11.3. The highest BCUT2D eigenvalue weighted by atomic mass is 16.5. The normalized spacial score (nSPS) is 20.5. The van der Waals surface area contributed by atoms with Gasteiger partial charge in [0.15, 0.2) is 0 Å². The van der Waals surface area contributed by atoms with Gasteiger partial charge in [-0.25, -0.2) is 0 Å². The van der Waals surface area contributed by atoms with Crippen LogP contribution in [0.2, 0.25) is 0 Å². The molecule has 1 heterocycles. The topological polar surface area (TPSA) is 53.0 Å². The molecule has 18 heavy (non-hydrogen) atoms. The third-order valence-electron chi connectivity index (χ3n) is 3.02. The summed E-state index contributed by atoms with van der Waals surface area (Å²) in [6.07, 6.45) is 0.915. The maximum absolute atomic E-state index is 12.0. The largest absolute Gasteiger partial charge is 0.392 e. The second-order valence-corrected chi connectivity index (χ2v) is 4.74. The van der Waals surface area contributed by atoms with Gasteiger partial charge in [-0.2, -0.15) is 0 Å². The average Bonchev–Trinajstić information content (AvgIpc) is 2.35. The van der Waals surface area contributed by atoms with E-state index in [0.29, 0.717) is 26.2 Å². The summed E-state index contributed by atoms with van der Waals surface area (Å²) < 4.78 is 5.33. The molecule has 1 saturated heterocycles. The number of hydrogen-bond donors (Lipinski definition) is 1. The second kappa shape index (κ2) is 7.51. The molecule has 1 fully saturated rings. The zero-order valence-electron chi connectivity index (χ0n) is 11.3. The molecule has 5 nitrogen and oxygen atoms in total. The van der Waals surface area contributed by atoms with Gasteiger partial charge in [-0.3, -0.25) is 9.69 Å². The molecule has 0 aromatic rings. The van der Waals surface area contributed by atoms with Gasteiger partial charge in [-0.1, -0.05) is 6.08 Å². The number of carbonyl (C=O) groups is 1. The van der Waals surface area contributed by atoms with E-state index in [1.165, 1.54) is 0 Å². The van der Waals surface area contributed by atoms with Crippen LogP contribution in [0.25, 0.3) is 0 Å². The van der Waals surface area contributed by atoms with Gasteiger partial charge in [-0.15, -0.1) is 6.58 Å². The van der Waals surface area contributed by atoms with E-state index in [0.717, 1.165) is 13.1 Å². The zero-order chi connectivity index (χ0) is 13.5. The van der Waals surface area contributed by atoms with Gasteiger partial charge in [-0.05, 0) is 13.8 Å². The number of piperazine rings is 1. The molecule has 1 aliphatic rings. The molecule has 104 valence electrons. The number of β-amino-alcohol motifs (C(OH)–C–C–N with tert-alkyl or cyclic N) is 1. The summed E-state index contributed by atoms with van der Waals surface area (Å²) in [5.41, 5.74) is 0.